The van der Waals surface area contributed by atoms with E-state index in [0.29, 0.717) is 6.04 Å². The number of rotatable bonds is 7. The first-order valence-electron chi connectivity index (χ1n) is 4.95. The Bertz CT molecular complexity index is 124. The molecule has 0 radical (unpaired) electrons. The van der Waals surface area contributed by atoms with Crippen LogP contribution in [0.3, 0.4) is 0 Å². The summed E-state index contributed by atoms with van der Waals surface area (Å²) in [6.07, 6.45) is 1.91. The van der Waals surface area contributed by atoms with Crippen molar-refractivity contribution in [2.45, 2.75) is 45.2 Å². The zero-order chi connectivity index (χ0) is 10.3. The van der Waals surface area contributed by atoms with Crippen LogP contribution in [0.25, 0.3) is 0 Å². The summed E-state index contributed by atoms with van der Waals surface area (Å²) in [5, 5.41) is 12.6. The van der Waals surface area contributed by atoms with Crippen molar-refractivity contribution in [3.8, 4) is 0 Å². The first kappa shape index (κ1) is 12.9. The summed E-state index contributed by atoms with van der Waals surface area (Å²) in [6.45, 7) is 7.17. The predicted molar refractivity (Wildman–Crippen MR) is 54.9 cm³/mol. The molecule has 0 aliphatic heterocycles. The number of ether oxygens (including phenoxy) is 1. The number of hydrogen-bond acceptors (Lipinski definition) is 3. The van der Waals surface area contributed by atoms with E-state index in [9.17, 15) is 0 Å². The van der Waals surface area contributed by atoms with Crippen LogP contribution in [0.2, 0.25) is 0 Å². The SMILES string of the molecule is CCC(C)(CO)NC(C)CCOC. The molecule has 0 amide bonds. The van der Waals surface area contributed by atoms with Gasteiger partial charge in [0.25, 0.3) is 0 Å². The summed E-state index contributed by atoms with van der Waals surface area (Å²) >= 11 is 0. The monoisotopic (exact) mass is 189 g/mol. The Hall–Kier alpha value is -0.120. The van der Waals surface area contributed by atoms with Gasteiger partial charge in [0.2, 0.25) is 0 Å². The van der Waals surface area contributed by atoms with Gasteiger partial charge in [-0.3, -0.25) is 0 Å². The Labute approximate surface area is 81.5 Å². The second-order valence-electron chi connectivity index (χ2n) is 3.90. The molecule has 0 bridgehead atoms. The van der Waals surface area contributed by atoms with Gasteiger partial charge in [-0.25, -0.2) is 0 Å². The lowest BCUT2D eigenvalue weighted by Gasteiger charge is -2.31. The largest absolute Gasteiger partial charge is 0.394 e. The van der Waals surface area contributed by atoms with Crippen LogP contribution in [0, 0.1) is 0 Å². The van der Waals surface area contributed by atoms with Crippen LogP contribution < -0.4 is 5.32 Å². The van der Waals surface area contributed by atoms with Gasteiger partial charge in [0.1, 0.15) is 0 Å². The third kappa shape index (κ3) is 5.24. The van der Waals surface area contributed by atoms with Crippen molar-refractivity contribution in [1.29, 1.82) is 0 Å². The van der Waals surface area contributed by atoms with Crippen molar-refractivity contribution < 1.29 is 9.84 Å². The van der Waals surface area contributed by atoms with Crippen LogP contribution in [0.15, 0.2) is 0 Å². The molecule has 0 aromatic carbocycles. The molecule has 0 aromatic heterocycles. The first-order chi connectivity index (χ1) is 6.08. The molecule has 0 aromatic rings. The second-order valence-corrected chi connectivity index (χ2v) is 3.90. The lowest BCUT2D eigenvalue weighted by atomic mass is 9.98. The highest BCUT2D eigenvalue weighted by Crippen LogP contribution is 2.09. The molecule has 0 saturated heterocycles. The predicted octanol–water partition coefficient (Wildman–Crippen LogP) is 1.16. The van der Waals surface area contributed by atoms with Gasteiger partial charge in [0.05, 0.1) is 6.61 Å². The van der Waals surface area contributed by atoms with Gasteiger partial charge >= 0.3 is 0 Å². The lowest BCUT2D eigenvalue weighted by molar-refractivity contribution is 0.140. The van der Waals surface area contributed by atoms with E-state index in [1.807, 2.05) is 6.92 Å². The minimum absolute atomic E-state index is 0.146. The quantitative estimate of drug-likeness (QED) is 0.631. The van der Waals surface area contributed by atoms with Gasteiger partial charge in [-0.05, 0) is 26.7 Å². The fourth-order valence-electron chi connectivity index (χ4n) is 1.22. The molecule has 13 heavy (non-hydrogen) atoms. The van der Waals surface area contributed by atoms with Gasteiger partial charge in [0, 0.05) is 25.3 Å². The molecular weight excluding hydrogens is 166 g/mol. The van der Waals surface area contributed by atoms with Crippen molar-refractivity contribution in [2.75, 3.05) is 20.3 Å². The average Bonchev–Trinajstić information content (AvgIpc) is 2.14. The van der Waals surface area contributed by atoms with Crippen molar-refractivity contribution >= 4 is 0 Å². The Morgan fingerprint density at radius 3 is 2.54 bits per heavy atom. The van der Waals surface area contributed by atoms with Gasteiger partial charge in [0.15, 0.2) is 0 Å². The van der Waals surface area contributed by atoms with Crippen molar-refractivity contribution in [1.82, 2.24) is 5.32 Å². The molecule has 0 spiro atoms. The van der Waals surface area contributed by atoms with Crippen LogP contribution in [0.5, 0.6) is 0 Å². The van der Waals surface area contributed by atoms with Crippen LogP contribution in [0.4, 0.5) is 0 Å². The minimum Gasteiger partial charge on any atom is -0.394 e. The van der Waals surface area contributed by atoms with Crippen LogP contribution in [-0.2, 0) is 4.74 Å². The summed E-state index contributed by atoms with van der Waals surface area (Å²) < 4.78 is 4.99. The molecule has 80 valence electrons. The molecule has 0 saturated carbocycles. The second kappa shape index (κ2) is 6.35. The van der Waals surface area contributed by atoms with E-state index in [1.54, 1.807) is 7.11 Å². The fraction of sp³-hybridized carbons (Fsp3) is 1.00. The third-order valence-electron chi connectivity index (χ3n) is 2.48. The van der Waals surface area contributed by atoms with Crippen LogP contribution in [-0.4, -0.2) is 37.0 Å². The van der Waals surface area contributed by atoms with E-state index in [-0.39, 0.29) is 12.1 Å². The molecule has 2 unspecified atom stereocenters. The van der Waals surface area contributed by atoms with Crippen LogP contribution >= 0.6 is 0 Å². The highest BCUT2D eigenvalue weighted by atomic mass is 16.5. The average molecular weight is 189 g/mol. The third-order valence-corrected chi connectivity index (χ3v) is 2.48. The molecular formula is C10H23NO2. The Morgan fingerprint density at radius 2 is 2.15 bits per heavy atom. The number of aliphatic hydroxyl groups is 1. The van der Waals surface area contributed by atoms with Crippen LogP contribution in [0.1, 0.15) is 33.6 Å². The van der Waals surface area contributed by atoms with Crippen molar-refractivity contribution in [3.63, 3.8) is 0 Å². The fourth-order valence-corrected chi connectivity index (χ4v) is 1.22. The molecule has 0 fully saturated rings. The topological polar surface area (TPSA) is 41.5 Å². The normalized spacial score (nSPS) is 18.2. The van der Waals surface area contributed by atoms with Crippen molar-refractivity contribution in [2.24, 2.45) is 0 Å². The summed E-state index contributed by atoms with van der Waals surface area (Å²) in [7, 11) is 1.71. The first-order valence-corrected chi connectivity index (χ1v) is 4.95. The summed E-state index contributed by atoms with van der Waals surface area (Å²) in [6, 6.07) is 0.386. The van der Waals surface area contributed by atoms with Gasteiger partial charge in [-0.15, -0.1) is 0 Å². The molecule has 0 rings (SSSR count). The smallest absolute Gasteiger partial charge is 0.0610 e. The highest BCUT2D eigenvalue weighted by molar-refractivity contribution is 4.83. The molecule has 3 heteroatoms. The Balaban J connectivity index is 3.79. The zero-order valence-electron chi connectivity index (χ0n) is 9.26. The Kier molecular flexibility index (Phi) is 6.29. The summed E-state index contributed by atoms with van der Waals surface area (Å²) in [4.78, 5) is 0. The number of hydrogen-bond donors (Lipinski definition) is 2. The van der Waals surface area contributed by atoms with Gasteiger partial charge in [-0.1, -0.05) is 6.92 Å². The molecule has 2 N–H and O–H groups in total. The van der Waals surface area contributed by atoms with Gasteiger partial charge in [-0.2, -0.15) is 0 Å². The summed E-state index contributed by atoms with van der Waals surface area (Å²) in [5.74, 6) is 0. The highest BCUT2D eigenvalue weighted by Gasteiger charge is 2.22. The van der Waals surface area contributed by atoms with E-state index < -0.39 is 0 Å². The molecule has 0 aliphatic rings. The Morgan fingerprint density at radius 1 is 1.54 bits per heavy atom. The van der Waals surface area contributed by atoms with E-state index in [0.717, 1.165) is 19.4 Å². The standard InChI is InChI=1S/C10H23NO2/c1-5-10(3,8-12)11-9(2)6-7-13-4/h9,11-12H,5-8H2,1-4H3. The van der Waals surface area contributed by atoms with Crippen molar-refractivity contribution in [3.05, 3.63) is 0 Å². The summed E-state index contributed by atoms with van der Waals surface area (Å²) in [5.41, 5.74) is -0.146. The minimum atomic E-state index is -0.146. The molecule has 0 aliphatic carbocycles. The van der Waals surface area contributed by atoms with E-state index in [4.69, 9.17) is 9.84 Å². The maximum absolute atomic E-state index is 9.17. The van der Waals surface area contributed by atoms with E-state index in [2.05, 4.69) is 19.2 Å². The maximum atomic E-state index is 9.17. The molecule has 0 heterocycles. The van der Waals surface area contributed by atoms with E-state index >= 15 is 0 Å². The number of aliphatic hydroxyl groups excluding tert-OH is 1. The zero-order valence-corrected chi connectivity index (χ0v) is 9.26. The maximum Gasteiger partial charge on any atom is 0.0610 e. The molecule has 3 nitrogen and oxygen atoms in total. The van der Waals surface area contributed by atoms with Gasteiger partial charge < -0.3 is 15.2 Å². The number of nitrogens with one attached hydrogen (secondary N) is 1. The lowest BCUT2D eigenvalue weighted by Crippen LogP contribution is -2.49. The molecule has 2 atom stereocenters. The van der Waals surface area contributed by atoms with E-state index in [1.165, 1.54) is 0 Å². The number of methoxy groups -OCH3 is 1.